The van der Waals surface area contributed by atoms with Crippen LogP contribution in [0.4, 0.5) is 4.39 Å². The zero-order chi connectivity index (χ0) is 23.5. The van der Waals surface area contributed by atoms with Crippen molar-refractivity contribution in [2.45, 2.75) is 50.7 Å². The Balaban J connectivity index is 1.16. The van der Waals surface area contributed by atoms with Crippen LogP contribution < -0.4 is 4.74 Å². The van der Waals surface area contributed by atoms with Crippen molar-refractivity contribution < 1.29 is 9.13 Å². The van der Waals surface area contributed by atoms with Gasteiger partial charge in [-0.15, -0.1) is 0 Å². The van der Waals surface area contributed by atoms with E-state index in [1.54, 1.807) is 0 Å². The molecular formula is C30H36FN3O. The number of benzene rings is 2. The summed E-state index contributed by atoms with van der Waals surface area (Å²) in [4.78, 5) is 8.97. The molecule has 3 atom stereocenters. The number of rotatable bonds is 7. The number of alkyl halides is 1. The van der Waals surface area contributed by atoms with Crippen LogP contribution in [0.2, 0.25) is 0 Å². The normalized spacial score (nSPS) is 30.7. The first kappa shape index (κ1) is 21.9. The maximum Gasteiger partial charge on any atom is 0.119 e. The molecule has 4 fully saturated rings. The Morgan fingerprint density at radius 1 is 1.03 bits per heavy atom. The minimum atomic E-state index is -0.198. The molecule has 0 amide bonds. The van der Waals surface area contributed by atoms with Crippen molar-refractivity contribution in [3.8, 4) is 5.75 Å². The molecular weight excluding hydrogens is 437 g/mol. The van der Waals surface area contributed by atoms with Crippen molar-refractivity contribution in [2.75, 3.05) is 32.9 Å². The zero-order valence-corrected chi connectivity index (χ0v) is 20.6. The van der Waals surface area contributed by atoms with Gasteiger partial charge in [0.25, 0.3) is 0 Å². The van der Waals surface area contributed by atoms with Crippen LogP contribution in [0.15, 0.2) is 48.5 Å². The molecule has 2 aromatic carbocycles. The Bertz CT molecular complexity index is 1190. The summed E-state index contributed by atoms with van der Waals surface area (Å²) in [6.07, 6.45) is 5.33. The van der Waals surface area contributed by atoms with Gasteiger partial charge in [0.15, 0.2) is 0 Å². The van der Waals surface area contributed by atoms with Crippen LogP contribution in [0.1, 0.15) is 49.0 Å². The number of nitrogens with one attached hydrogen (secondary N) is 1. The van der Waals surface area contributed by atoms with Crippen LogP contribution in [-0.4, -0.2) is 59.8 Å². The number of nitrogens with zero attached hydrogens (tertiary/aromatic N) is 2. The quantitative estimate of drug-likeness (QED) is 0.486. The van der Waals surface area contributed by atoms with Gasteiger partial charge in [-0.25, -0.2) is 0 Å². The van der Waals surface area contributed by atoms with Crippen molar-refractivity contribution in [2.24, 2.45) is 17.8 Å². The van der Waals surface area contributed by atoms with Gasteiger partial charge in [0, 0.05) is 54.2 Å². The Labute approximate surface area is 207 Å². The average Bonchev–Trinajstić information content (AvgIpc) is 3.52. The molecule has 1 saturated heterocycles. The van der Waals surface area contributed by atoms with Gasteiger partial charge in [-0.2, -0.15) is 0 Å². The number of hydrogen-bond donors (Lipinski definition) is 1. The lowest BCUT2D eigenvalue weighted by atomic mass is 9.82. The van der Waals surface area contributed by atoms with E-state index in [0.717, 1.165) is 43.6 Å². The highest BCUT2D eigenvalue weighted by molar-refractivity contribution is 5.85. The summed E-state index contributed by atoms with van der Waals surface area (Å²) in [7, 11) is 0. The summed E-state index contributed by atoms with van der Waals surface area (Å²) < 4.78 is 18.7. The minimum absolute atomic E-state index is 0.198. The highest BCUT2D eigenvalue weighted by atomic mass is 19.1. The van der Waals surface area contributed by atoms with Gasteiger partial charge in [-0.3, -0.25) is 14.2 Å². The van der Waals surface area contributed by atoms with Gasteiger partial charge in [-0.05, 0) is 73.8 Å². The van der Waals surface area contributed by atoms with Crippen LogP contribution in [0.25, 0.3) is 10.9 Å². The Morgan fingerprint density at radius 2 is 1.83 bits per heavy atom. The van der Waals surface area contributed by atoms with Gasteiger partial charge in [0.05, 0.1) is 12.7 Å². The smallest absolute Gasteiger partial charge is 0.119 e. The molecule has 4 nitrogen and oxygen atoms in total. The molecule has 3 heterocycles. The molecule has 3 aromatic rings. The lowest BCUT2D eigenvalue weighted by Gasteiger charge is -2.46. The molecule has 0 spiro atoms. The van der Waals surface area contributed by atoms with E-state index in [1.807, 2.05) is 0 Å². The third-order valence-electron chi connectivity index (χ3n) is 9.32. The number of aromatic amines is 1. The highest BCUT2D eigenvalue weighted by Gasteiger charge is 2.51. The van der Waals surface area contributed by atoms with Crippen LogP contribution >= 0.6 is 0 Å². The standard InChI is InChI=1S/C30H36FN3O/c1-19-12-26-25-4-2-3-5-27(25)32-29(26)30(34(19)28-15-20-13-23(28)14-20)22-6-8-24(9-7-22)35-11-10-33-17-21(16-31)18-33/h2-9,19-21,23,28,30,32H,10-18H2,1H3/t19-,20?,23?,28-,30-/m1/s1. The van der Waals surface area contributed by atoms with Gasteiger partial charge >= 0.3 is 0 Å². The molecule has 5 aliphatic rings. The molecule has 0 radical (unpaired) electrons. The van der Waals surface area contributed by atoms with E-state index in [0.29, 0.717) is 18.7 Å². The molecule has 3 saturated carbocycles. The van der Waals surface area contributed by atoms with E-state index >= 15 is 0 Å². The lowest BCUT2D eigenvalue weighted by Crippen LogP contribution is -2.49. The maximum absolute atomic E-state index is 12.7. The second kappa shape index (κ2) is 8.63. The largest absolute Gasteiger partial charge is 0.492 e. The lowest BCUT2D eigenvalue weighted by molar-refractivity contribution is 0.0667. The maximum atomic E-state index is 12.7. The van der Waals surface area contributed by atoms with Crippen molar-refractivity contribution in [1.82, 2.24) is 14.8 Å². The summed E-state index contributed by atoms with van der Waals surface area (Å²) >= 11 is 0. The summed E-state index contributed by atoms with van der Waals surface area (Å²) in [6, 6.07) is 19.1. The number of likely N-dealkylation sites (tertiary alicyclic amines) is 1. The molecule has 8 rings (SSSR count). The number of halogens is 1. The topological polar surface area (TPSA) is 31.5 Å². The molecule has 5 heteroatoms. The number of H-pyrrole nitrogens is 1. The van der Waals surface area contributed by atoms with Gasteiger partial charge in [-0.1, -0.05) is 30.3 Å². The molecule has 2 bridgehead atoms. The summed E-state index contributed by atoms with van der Waals surface area (Å²) in [5, 5.41) is 1.38. The van der Waals surface area contributed by atoms with E-state index in [1.165, 1.54) is 47.0 Å². The number of hydrogen-bond acceptors (Lipinski definition) is 3. The molecule has 0 unspecified atom stereocenters. The molecule has 184 valence electrons. The second-order valence-corrected chi connectivity index (χ2v) is 11.6. The number of aromatic nitrogens is 1. The van der Waals surface area contributed by atoms with Crippen molar-refractivity contribution in [3.05, 3.63) is 65.4 Å². The predicted octanol–water partition coefficient (Wildman–Crippen LogP) is 5.58. The first-order valence-electron chi connectivity index (χ1n) is 13.6. The van der Waals surface area contributed by atoms with Gasteiger partial charge in [0.2, 0.25) is 0 Å². The third-order valence-corrected chi connectivity index (χ3v) is 9.32. The van der Waals surface area contributed by atoms with Crippen LogP contribution in [0.3, 0.4) is 0 Å². The fourth-order valence-corrected chi connectivity index (χ4v) is 7.52. The first-order chi connectivity index (χ1) is 17.2. The molecule has 35 heavy (non-hydrogen) atoms. The Kier molecular flexibility index (Phi) is 5.40. The van der Waals surface area contributed by atoms with Crippen LogP contribution in [0, 0.1) is 17.8 Å². The number of fused-ring (bicyclic) bond motifs is 4. The number of ether oxygens (including phenoxy) is 1. The van der Waals surface area contributed by atoms with E-state index in [2.05, 4.69) is 70.2 Å². The second-order valence-electron chi connectivity index (χ2n) is 11.6. The first-order valence-corrected chi connectivity index (χ1v) is 13.6. The van der Waals surface area contributed by atoms with E-state index in [4.69, 9.17) is 4.74 Å². The van der Waals surface area contributed by atoms with Crippen LogP contribution in [-0.2, 0) is 6.42 Å². The molecule has 3 aliphatic carbocycles. The Hall–Kier alpha value is -2.37. The van der Waals surface area contributed by atoms with E-state index in [-0.39, 0.29) is 18.6 Å². The SMILES string of the molecule is C[C@@H]1Cc2c([nH]c3ccccc23)[C@@H](c2ccc(OCCN3CC(CF)C3)cc2)N1[C@@H]1CC2CC1C2. The van der Waals surface area contributed by atoms with Crippen molar-refractivity contribution in [3.63, 3.8) is 0 Å². The molecule has 1 N–H and O–H groups in total. The minimum Gasteiger partial charge on any atom is -0.492 e. The molecule has 2 aliphatic heterocycles. The fraction of sp³-hybridized carbons (Fsp3) is 0.533. The highest BCUT2D eigenvalue weighted by Crippen LogP contribution is 2.54. The summed E-state index contributed by atoms with van der Waals surface area (Å²) in [5.74, 6) is 2.98. The van der Waals surface area contributed by atoms with Gasteiger partial charge < -0.3 is 9.72 Å². The fourth-order valence-electron chi connectivity index (χ4n) is 7.52. The summed E-state index contributed by atoms with van der Waals surface area (Å²) in [6.45, 7) is 5.50. The number of para-hydroxylation sites is 1. The van der Waals surface area contributed by atoms with Crippen LogP contribution in [0.5, 0.6) is 5.75 Å². The predicted molar refractivity (Wildman–Crippen MR) is 138 cm³/mol. The van der Waals surface area contributed by atoms with Crippen molar-refractivity contribution in [1.29, 1.82) is 0 Å². The van der Waals surface area contributed by atoms with E-state index in [9.17, 15) is 4.39 Å². The Morgan fingerprint density at radius 3 is 2.57 bits per heavy atom. The average molecular weight is 474 g/mol. The monoisotopic (exact) mass is 473 g/mol. The third kappa shape index (κ3) is 3.70. The van der Waals surface area contributed by atoms with Crippen molar-refractivity contribution >= 4 is 10.9 Å². The zero-order valence-electron chi connectivity index (χ0n) is 20.6. The van der Waals surface area contributed by atoms with Gasteiger partial charge in [0.1, 0.15) is 12.4 Å². The van der Waals surface area contributed by atoms with E-state index < -0.39 is 0 Å². The summed E-state index contributed by atoms with van der Waals surface area (Å²) in [5.41, 5.74) is 5.51. The molecule has 1 aromatic heterocycles.